The molecule has 7 nitrogen and oxygen atoms in total. The first-order valence-corrected chi connectivity index (χ1v) is 3.75. The van der Waals surface area contributed by atoms with Crippen LogP contribution in [-0.2, 0) is 4.94 Å². The molecule has 1 aromatic rings. The van der Waals surface area contributed by atoms with Crippen molar-refractivity contribution >= 4 is 5.69 Å². The van der Waals surface area contributed by atoms with Crippen LogP contribution in [0.2, 0.25) is 0 Å². The van der Waals surface area contributed by atoms with Gasteiger partial charge in [-0.25, -0.2) is 10.2 Å². The second-order valence-corrected chi connectivity index (χ2v) is 2.48. The van der Waals surface area contributed by atoms with Crippen LogP contribution >= 0.6 is 0 Å². The summed E-state index contributed by atoms with van der Waals surface area (Å²) in [7, 11) is 1.33. The number of methoxy groups -OCH3 is 1. The van der Waals surface area contributed by atoms with Crippen LogP contribution in [0.4, 0.5) is 10.1 Å². The van der Waals surface area contributed by atoms with Crippen molar-refractivity contribution in [3.05, 3.63) is 34.1 Å². The molecule has 0 unspecified atom stereocenters. The zero-order valence-electron chi connectivity index (χ0n) is 7.71. The van der Waals surface area contributed by atoms with Crippen molar-refractivity contribution in [3.63, 3.8) is 0 Å². The Hall–Kier alpha value is -2.09. The molecule has 1 aromatic carbocycles. The fourth-order valence-corrected chi connectivity index (χ4v) is 0.912. The normalized spacial score (nSPS) is 9.53. The van der Waals surface area contributed by atoms with E-state index in [1.807, 2.05) is 0 Å². The number of hydrogen-bond acceptors (Lipinski definition) is 6. The van der Waals surface area contributed by atoms with Gasteiger partial charge in [-0.3, -0.25) is 0 Å². The zero-order valence-corrected chi connectivity index (χ0v) is 7.71. The third-order valence-corrected chi connectivity index (χ3v) is 1.50. The van der Waals surface area contributed by atoms with Gasteiger partial charge in [0.05, 0.1) is 12.8 Å². The molecule has 0 aliphatic rings. The van der Waals surface area contributed by atoms with E-state index in [0.29, 0.717) is 5.17 Å². The van der Waals surface area contributed by atoms with Gasteiger partial charge in [0.25, 0.3) is 0 Å². The van der Waals surface area contributed by atoms with Crippen LogP contribution < -0.4 is 15.8 Å². The van der Waals surface area contributed by atoms with Crippen molar-refractivity contribution in [1.82, 2.24) is 0 Å². The summed E-state index contributed by atoms with van der Waals surface area (Å²) in [5, 5.41) is 9.17. The molecule has 0 saturated heterocycles. The van der Waals surface area contributed by atoms with Gasteiger partial charge in [-0.15, -0.1) is 15.3 Å². The predicted molar refractivity (Wildman–Crippen MR) is 47.7 cm³/mol. The number of anilines is 1. The molecule has 0 radical (unpaired) electrons. The number of nitrogens with two attached hydrogens (primary N) is 1. The van der Waals surface area contributed by atoms with E-state index >= 15 is 0 Å². The van der Waals surface area contributed by atoms with Gasteiger partial charge in [-0.05, 0) is 0 Å². The van der Waals surface area contributed by atoms with Crippen LogP contribution in [-0.4, -0.2) is 12.2 Å². The molecule has 1 rings (SSSR count). The van der Waals surface area contributed by atoms with E-state index < -0.39 is 10.9 Å². The van der Waals surface area contributed by atoms with Gasteiger partial charge in [-0.2, -0.15) is 4.94 Å². The number of hydrogen-bond donors (Lipinski definition) is 1. The van der Waals surface area contributed by atoms with Crippen molar-refractivity contribution in [1.29, 1.82) is 0 Å². The maximum Gasteiger partial charge on any atom is 0.318 e. The average molecular weight is 217 g/mol. The molecule has 2 N–H and O–H groups in total. The van der Waals surface area contributed by atoms with Crippen LogP contribution in [0.3, 0.4) is 0 Å². The summed E-state index contributed by atoms with van der Waals surface area (Å²) in [6.07, 6.45) is 0. The molecular weight excluding hydrogens is 209 g/mol. The maximum absolute atomic E-state index is 12.9. The van der Waals surface area contributed by atoms with E-state index in [9.17, 15) is 14.5 Å². The number of nitrogens with zero attached hydrogens (tertiary/aromatic N) is 2. The molecule has 0 saturated carbocycles. The summed E-state index contributed by atoms with van der Waals surface area (Å²) in [6.45, 7) is 0. The molecule has 0 aliphatic heterocycles. The van der Waals surface area contributed by atoms with E-state index in [4.69, 9.17) is 10.6 Å². The lowest BCUT2D eigenvalue weighted by Crippen LogP contribution is -2.33. The Balaban J connectivity index is 2.92. The Labute approximate surface area is 83.8 Å². The predicted octanol–water partition coefficient (Wildman–Crippen LogP) is 0.638. The third-order valence-electron chi connectivity index (χ3n) is 1.50. The molecule has 0 spiro atoms. The van der Waals surface area contributed by atoms with Gasteiger partial charge < -0.3 is 4.74 Å². The van der Waals surface area contributed by atoms with E-state index in [-0.39, 0.29) is 11.4 Å². The third kappa shape index (κ3) is 2.95. The molecule has 0 aliphatic carbocycles. The monoisotopic (exact) mass is 217 g/mol. The summed E-state index contributed by atoms with van der Waals surface area (Å²) >= 11 is 0. The number of halogens is 1. The van der Waals surface area contributed by atoms with Crippen LogP contribution in [0.5, 0.6) is 5.75 Å². The fourth-order valence-electron chi connectivity index (χ4n) is 0.912. The lowest BCUT2D eigenvalue weighted by molar-refractivity contribution is -0.762. The van der Waals surface area contributed by atoms with Crippen LogP contribution in [0, 0.1) is 15.9 Å². The second-order valence-electron chi connectivity index (χ2n) is 2.48. The molecular formula is C7H8FN3O4. The van der Waals surface area contributed by atoms with E-state index in [0.717, 1.165) is 12.1 Å². The van der Waals surface area contributed by atoms with E-state index in [2.05, 4.69) is 4.94 Å². The van der Waals surface area contributed by atoms with E-state index in [1.165, 1.54) is 13.2 Å². The average Bonchev–Trinajstić information content (AvgIpc) is 2.15. The highest BCUT2D eigenvalue weighted by Gasteiger charge is 2.09. The number of hydrazine groups is 1. The van der Waals surface area contributed by atoms with E-state index in [1.54, 1.807) is 0 Å². The highest BCUT2D eigenvalue weighted by atomic mass is 19.1. The molecule has 0 bridgehead atoms. The molecule has 82 valence electrons. The smallest absolute Gasteiger partial charge is 0.318 e. The van der Waals surface area contributed by atoms with Crippen molar-refractivity contribution in [2.24, 2.45) is 5.84 Å². The minimum Gasteiger partial charge on any atom is -0.497 e. The van der Waals surface area contributed by atoms with Gasteiger partial charge in [-0.1, -0.05) is 0 Å². The minimum atomic E-state index is -1.11. The highest BCUT2D eigenvalue weighted by molar-refractivity contribution is 5.48. The Morgan fingerprint density at radius 3 is 2.73 bits per heavy atom. The molecule has 0 aromatic heterocycles. The summed E-state index contributed by atoms with van der Waals surface area (Å²) in [6, 6.07) is 3.35. The van der Waals surface area contributed by atoms with Gasteiger partial charge in [0, 0.05) is 18.2 Å². The Kier molecular flexibility index (Phi) is 3.24. The van der Waals surface area contributed by atoms with Gasteiger partial charge in [0.1, 0.15) is 11.6 Å². The summed E-state index contributed by atoms with van der Waals surface area (Å²) in [4.78, 5) is 13.9. The number of benzene rings is 1. The van der Waals surface area contributed by atoms with Crippen molar-refractivity contribution in [3.8, 4) is 5.75 Å². The Morgan fingerprint density at radius 2 is 2.20 bits per heavy atom. The SMILES string of the molecule is COc1cc(F)cc(N(N)O[N+](=O)[O-])c1. The summed E-state index contributed by atoms with van der Waals surface area (Å²) in [5.41, 5.74) is -0.0384. The Morgan fingerprint density at radius 1 is 1.53 bits per heavy atom. The highest BCUT2D eigenvalue weighted by Crippen LogP contribution is 2.21. The quantitative estimate of drug-likeness (QED) is 0.452. The van der Waals surface area contributed by atoms with Gasteiger partial charge >= 0.3 is 5.09 Å². The summed E-state index contributed by atoms with van der Waals surface area (Å²) < 4.78 is 17.7. The van der Waals surface area contributed by atoms with Crippen LogP contribution in [0.1, 0.15) is 0 Å². The minimum absolute atomic E-state index is 0.0384. The van der Waals surface area contributed by atoms with Gasteiger partial charge in [0.15, 0.2) is 0 Å². The molecule has 0 fully saturated rings. The van der Waals surface area contributed by atoms with Crippen LogP contribution in [0.25, 0.3) is 0 Å². The largest absolute Gasteiger partial charge is 0.497 e. The lowest BCUT2D eigenvalue weighted by atomic mass is 10.3. The standard InChI is InChI=1S/C7H8FN3O4/c1-14-7-3-5(8)2-6(4-7)10(9)15-11(12)13/h2-4H,9H2,1H3. The van der Waals surface area contributed by atoms with Crippen molar-refractivity contribution in [2.75, 3.05) is 12.3 Å². The second kappa shape index (κ2) is 4.42. The first kappa shape index (κ1) is 11.0. The molecule has 0 amide bonds. The first-order chi connectivity index (χ1) is 7.02. The fraction of sp³-hybridized carbons (Fsp3) is 0.143. The topological polar surface area (TPSA) is 90.9 Å². The Bertz CT molecular complexity index is 373. The van der Waals surface area contributed by atoms with Gasteiger partial charge in [0.2, 0.25) is 0 Å². The molecule has 0 heterocycles. The molecule has 8 heteroatoms. The number of rotatable bonds is 4. The molecule has 15 heavy (non-hydrogen) atoms. The summed E-state index contributed by atoms with van der Waals surface area (Å²) in [5.74, 6) is 4.66. The first-order valence-electron chi connectivity index (χ1n) is 3.75. The molecule has 0 atom stereocenters. The zero-order chi connectivity index (χ0) is 11.4. The van der Waals surface area contributed by atoms with Crippen LogP contribution in [0.15, 0.2) is 18.2 Å². The maximum atomic E-state index is 12.9. The number of ether oxygens (including phenoxy) is 1. The van der Waals surface area contributed by atoms with Crippen molar-refractivity contribution < 1.29 is 19.2 Å². The lowest BCUT2D eigenvalue weighted by Gasteiger charge is -2.14. The van der Waals surface area contributed by atoms with Crippen molar-refractivity contribution in [2.45, 2.75) is 0 Å².